The van der Waals surface area contributed by atoms with Gasteiger partial charge in [-0.05, 0) is 58.6 Å². The molecule has 19 heavy (non-hydrogen) atoms. The topological polar surface area (TPSA) is 19.6 Å². The Balaban J connectivity index is 1.87. The summed E-state index contributed by atoms with van der Waals surface area (Å²) in [4.78, 5) is 5.03. The van der Waals surface area contributed by atoms with E-state index in [4.69, 9.17) is 4.42 Å². The van der Waals surface area contributed by atoms with Crippen molar-refractivity contribution in [3.05, 3.63) is 23.7 Å². The third-order valence-electron chi connectivity index (χ3n) is 4.27. The highest BCUT2D eigenvalue weighted by Crippen LogP contribution is 2.28. The summed E-state index contributed by atoms with van der Waals surface area (Å²) in [7, 11) is 2.22. The molecule has 1 aromatic rings. The van der Waals surface area contributed by atoms with Gasteiger partial charge in [-0.3, -0.25) is 0 Å². The predicted octanol–water partition coefficient (Wildman–Crippen LogP) is 2.89. The maximum absolute atomic E-state index is 5.80. The average molecular weight is 264 g/mol. The van der Waals surface area contributed by atoms with Crippen molar-refractivity contribution in [2.75, 3.05) is 39.8 Å². The van der Waals surface area contributed by atoms with Gasteiger partial charge < -0.3 is 14.2 Å². The highest BCUT2D eigenvalue weighted by atomic mass is 16.3. The fourth-order valence-electron chi connectivity index (χ4n) is 2.68. The molecule has 0 atom stereocenters. The van der Waals surface area contributed by atoms with E-state index in [1.807, 2.05) is 6.92 Å². The van der Waals surface area contributed by atoms with Gasteiger partial charge >= 0.3 is 0 Å². The zero-order valence-electron chi connectivity index (χ0n) is 12.9. The summed E-state index contributed by atoms with van der Waals surface area (Å²) in [6.07, 6.45) is 2.44. The summed E-state index contributed by atoms with van der Waals surface area (Å²) < 4.78 is 5.80. The largest absolute Gasteiger partial charge is 0.466 e. The van der Waals surface area contributed by atoms with Crippen molar-refractivity contribution in [3.8, 4) is 0 Å². The van der Waals surface area contributed by atoms with Crippen LogP contribution in [0.2, 0.25) is 0 Å². The van der Waals surface area contributed by atoms with Crippen LogP contribution in [0.4, 0.5) is 0 Å². The first-order chi connectivity index (χ1) is 8.97. The molecule has 0 spiro atoms. The maximum Gasteiger partial charge on any atom is 0.109 e. The molecule has 1 saturated heterocycles. The number of aryl methyl sites for hydroxylation is 1. The minimum atomic E-state index is 0.131. The van der Waals surface area contributed by atoms with Gasteiger partial charge in [-0.15, -0.1) is 0 Å². The van der Waals surface area contributed by atoms with Crippen LogP contribution in [0.5, 0.6) is 0 Å². The van der Waals surface area contributed by atoms with Crippen LogP contribution in [0.1, 0.15) is 38.2 Å². The van der Waals surface area contributed by atoms with E-state index in [2.05, 4.69) is 42.8 Å². The molecule has 0 saturated carbocycles. The molecule has 2 heterocycles. The Hall–Kier alpha value is -0.800. The molecule has 3 heteroatoms. The summed E-state index contributed by atoms with van der Waals surface area (Å²) in [6.45, 7) is 12.6. The minimum absolute atomic E-state index is 0.131. The van der Waals surface area contributed by atoms with Gasteiger partial charge in [-0.1, -0.05) is 13.8 Å². The lowest BCUT2D eigenvalue weighted by atomic mass is 9.86. The van der Waals surface area contributed by atoms with Crippen molar-refractivity contribution < 1.29 is 4.42 Å². The Morgan fingerprint density at radius 1 is 1.16 bits per heavy atom. The Kier molecular flexibility index (Phi) is 4.69. The third kappa shape index (κ3) is 4.08. The second kappa shape index (κ2) is 6.10. The van der Waals surface area contributed by atoms with E-state index in [1.54, 1.807) is 0 Å². The molecule has 0 radical (unpaired) electrons. The molecule has 0 aliphatic carbocycles. The van der Waals surface area contributed by atoms with E-state index < -0.39 is 0 Å². The van der Waals surface area contributed by atoms with E-state index in [9.17, 15) is 0 Å². The summed E-state index contributed by atoms with van der Waals surface area (Å²) in [5.74, 6) is 2.14. The molecule has 0 amide bonds. The summed E-state index contributed by atoms with van der Waals surface area (Å²) >= 11 is 0. The first-order valence-electron chi connectivity index (χ1n) is 7.45. The first-order valence-corrected chi connectivity index (χ1v) is 7.45. The monoisotopic (exact) mass is 264 g/mol. The van der Waals surface area contributed by atoms with E-state index in [1.165, 1.54) is 39.1 Å². The van der Waals surface area contributed by atoms with Crippen molar-refractivity contribution in [1.29, 1.82) is 0 Å². The molecule has 1 fully saturated rings. The molecular weight excluding hydrogens is 236 g/mol. The SMILES string of the molecule is Cc1ccc(C(C)(C)CCN2CCCN(C)CC2)o1. The standard InChI is InChI=1S/C16H28N2O/c1-14-6-7-15(19-14)16(2,3)8-11-18-10-5-9-17(4)12-13-18/h6-7H,5,8-13H2,1-4H3. The van der Waals surface area contributed by atoms with E-state index in [-0.39, 0.29) is 5.41 Å². The second-order valence-electron chi connectivity index (χ2n) is 6.54. The van der Waals surface area contributed by atoms with Crippen LogP contribution in [0.15, 0.2) is 16.5 Å². The number of hydrogen-bond donors (Lipinski definition) is 0. The summed E-state index contributed by atoms with van der Waals surface area (Å²) in [6, 6.07) is 4.20. The minimum Gasteiger partial charge on any atom is -0.466 e. The number of furan rings is 1. The van der Waals surface area contributed by atoms with Crippen LogP contribution in [-0.4, -0.2) is 49.6 Å². The highest BCUT2D eigenvalue weighted by Gasteiger charge is 2.25. The Morgan fingerprint density at radius 3 is 2.63 bits per heavy atom. The molecule has 1 aliphatic heterocycles. The molecule has 3 nitrogen and oxygen atoms in total. The van der Waals surface area contributed by atoms with Crippen molar-refractivity contribution in [1.82, 2.24) is 9.80 Å². The van der Waals surface area contributed by atoms with Crippen LogP contribution < -0.4 is 0 Å². The first kappa shape index (κ1) is 14.6. The molecule has 0 N–H and O–H groups in total. The fraction of sp³-hybridized carbons (Fsp3) is 0.750. The Bertz CT molecular complexity index is 397. The normalized spacial score (nSPS) is 19.6. The number of rotatable bonds is 4. The van der Waals surface area contributed by atoms with Crippen LogP contribution in [0.3, 0.4) is 0 Å². The van der Waals surface area contributed by atoms with Crippen molar-refractivity contribution in [2.24, 2.45) is 0 Å². The average Bonchev–Trinajstić information content (AvgIpc) is 2.69. The molecule has 0 unspecified atom stereocenters. The van der Waals surface area contributed by atoms with Crippen LogP contribution >= 0.6 is 0 Å². The summed E-state index contributed by atoms with van der Waals surface area (Å²) in [5, 5.41) is 0. The van der Waals surface area contributed by atoms with E-state index in [0.29, 0.717) is 0 Å². The smallest absolute Gasteiger partial charge is 0.109 e. The van der Waals surface area contributed by atoms with Crippen LogP contribution in [0.25, 0.3) is 0 Å². The van der Waals surface area contributed by atoms with Crippen LogP contribution in [0, 0.1) is 6.92 Å². The lowest BCUT2D eigenvalue weighted by molar-refractivity contribution is 0.240. The quantitative estimate of drug-likeness (QED) is 0.833. The van der Waals surface area contributed by atoms with E-state index in [0.717, 1.165) is 17.9 Å². The van der Waals surface area contributed by atoms with E-state index >= 15 is 0 Å². The van der Waals surface area contributed by atoms with Gasteiger partial charge in [0.1, 0.15) is 11.5 Å². The lowest BCUT2D eigenvalue weighted by Gasteiger charge is -2.27. The Morgan fingerprint density at radius 2 is 1.95 bits per heavy atom. The lowest BCUT2D eigenvalue weighted by Crippen LogP contribution is -2.33. The molecular formula is C16H28N2O. The zero-order chi connectivity index (χ0) is 13.9. The summed E-state index contributed by atoms with van der Waals surface area (Å²) in [5.41, 5.74) is 0.131. The predicted molar refractivity (Wildman–Crippen MR) is 79.6 cm³/mol. The van der Waals surface area contributed by atoms with Gasteiger partial charge in [0.25, 0.3) is 0 Å². The molecule has 0 aromatic carbocycles. The van der Waals surface area contributed by atoms with Crippen LogP contribution in [-0.2, 0) is 5.41 Å². The number of likely N-dealkylation sites (N-methyl/N-ethyl adjacent to an activating group) is 1. The Labute approximate surface area is 117 Å². The second-order valence-corrected chi connectivity index (χ2v) is 6.54. The van der Waals surface area contributed by atoms with Gasteiger partial charge in [-0.2, -0.15) is 0 Å². The van der Waals surface area contributed by atoms with Gasteiger partial charge in [0, 0.05) is 18.5 Å². The molecule has 2 rings (SSSR count). The number of nitrogens with zero attached hydrogens (tertiary/aromatic N) is 2. The highest BCUT2D eigenvalue weighted by molar-refractivity contribution is 5.14. The molecule has 1 aliphatic rings. The fourth-order valence-corrected chi connectivity index (χ4v) is 2.68. The number of hydrogen-bond acceptors (Lipinski definition) is 3. The van der Waals surface area contributed by atoms with Gasteiger partial charge in [0.2, 0.25) is 0 Å². The van der Waals surface area contributed by atoms with Crippen molar-refractivity contribution in [2.45, 2.75) is 39.0 Å². The van der Waals surface area contributed by atoms with Crippen molar-refractivity contribution >= 4 is 0 Å². The third-order valence-corrected chi connectivity index (χ3v) is 4.27. The zero-order valence-corrected chi connectivity index (χ0v) is 12.9. The van der Waals surface area contributed by atoms with Crippen molar-refractivity contribution in [3.63, 3.8) is 0 Å². The molecule has 1 aromatic heterocycles. The van der Waals surface area contributed by atoms with Gasteiger partial charge in [0.15, 0.2) is 0 Å². The molecule has 108 valence electrons. The maximum atomic E-state index is 5.80. The molecule has 0 bridgehead atoms. The van der Waals surface area contributed by atoms with Gasteiger partial charge in [0.05, 0.1) is 0 Å². The van der Waals surface area contributed by atoms with Gasteiger partial charge in [-0.25, -0.2) is 0 Å².